The lowest BCUT2D eigenvalue weighted by atomic mass is 10.2. The smallest absolute Gasteiger partial charge is 0.358 e. The van der Waals surface area contributed by atoms with Gasteiger partial charge in [-0.1, -0.05) is 28.8 Å². The Morgan fingerprint density at radius 2 is 2.08 bits per heavy atom. The van der Waals surface area contributed by atoms with Crippen LogP contribution in [0.15, 0.2) is 24.3 Å². The van der Waals surface area contributed by atoms with Gasteiger partial charge >= 0.3 is 5.82 Å². The van der Waals surface area contributed by atoms with E-state index in [4.69, 9.17) is 11.6 Å². The summed E-state index contributed by atoms with van der Waals surface area (Å²) in [5.74, 6) is -1.21. The van der Waals surface area contributed by atoms with Crippen molar-refractivity contribution in [2.75, 3.05) is 26.2 Å². The lowest BCUT2D eigenvalue weighted by molar-refractivity contribution is -0.389. The Labute approximate surface area is 147 Å². The number of halogens is 2. The van der Waals surface area contributed by atoms with Crippen molar-refractivity contribution in [2.24, 2.45) is 0 Å². The minimum Gasteiger partial charge on any atom is -0.358 e. The Morgan fingerprint density at radius 3 is 2.68 bits per heavy atom. The number of amides is 1. The fraction of sp³-hybridized carbons (Fsp3) is 0.333. The van der Waals surface area contributed by atoms with Gasteiger partial charge in [-0.2, -0.15) is 0 Å². The first kappa shape index (κ1) is 17.3. The number of aromatic amines is 1. The van der Waals surface area contributed by atoms with Gasteiger partial charge in [0.2, 0.25) is 0 Å². The summed E-state index contributed by atoms with van der Waals surface area (Å²) in [5.41, 5.74) is 0.720. The van der Waals surface area contributed by atoms with Crippen LogP contribution >= 0.6 is 11.6 Å². The first-order valence-electron chi connectivity index (χ1n) is 7.60. The van der Waals surface area contributed by atoms with E-state index in [1.165, 1.54) is 12.1 Å². The molecule has 1 saturated heterocycles. The zero-order valence-electron chi connectivity index (χ0n) is 13.1. The molecule has 1 aliphatic rings. The van der Waals surface area contributed by atoms with Crippen LogP contribution in [0.5, 0.6) is 0 Å². The quantitative estimate of drug-likeness (QED) is 0.659. The molecule has 1 aromatic heterocycles. The second-order valence-corrected chi connectivity index (χ2v) is 6.07. The minimum atomic E-state index is -0.719. The monoisotopic (exact) mass is 367 g/mol. The Hall–Kier alpha value is -2.52. The molecular weight excluding hydrogens is 353 g/mol. The molecule has 132 valence electrons. The summed E-state index contributed by atoms with van der Waals surface area (Å²) in [4.78, 5) is 26.1. The summed E-state index contributed by atoms with van der Waals surface area (Å²) in [6.07, 6.45) is 0. The van der Waals surface area contributed by atoms with Gasteiger partial charge in [0.05, 0.1) is 0 Å². The standard InChI is InChI=1S/C15H15ClFN5O3/c16-12-13(18-19-14(12)22(24)25)15(23)21-6-4-20(5-7-21)9-10-2-1-3-11(17)8-10/h1-3,8H,4-7,9H2,(H,18,19). The van der Waals surface area contributed by atoms with Crippen LogP contribution in [0.3, 0.4) is 0 Å². The number of nitrogens with zero attached hydrogens (tertiary/aromatic N) is 4. The van der Waals surface area contributed by atoms with E-state index in [-0.39, 0.29) is 16.5 Å². The lowest BCUT2D eigenvalue weighted by Crippen LogP contribution is -2.48. The number of nitrogens with one attached hydrogen (secondary N) is 1. The fourth-order valence-corrected chi connectivity index (χ4v) is 2.97. The van der Waals surface area contributed by atoms with Gasteiger partial charge < -0.3 is 15.0 Å². The van der Waals surface area contributed by atoms with E-state index >= 15 is 0 Å². The molecule has 1 fully saturated rings. The molecule has 2 heterocycles. The summed E-state index contributed by atoms with van der Waals surface area (Å²) in [7, 11) is 0. The van der Waals surface area contributed by atoms with Gasteiger partial charge in [-0.25, -0.2) is 4.39 Å². The molecule has 10 heteroatoms. The zero-order valence-corrected chi connectivity index (χ0v) is 13.9. The topological polar surface area (TPSA) is 95.4 Å². The van der Waals surface area contributed by atoms with E-state index in [1.807, 2.05) is 6.07 Å². The van der Waals surface area contributed by atoms with Gasteiger partial charge in [0.15, 0.2) is 10.7 Å². The van der Waals surface area contributed by atoms with Crippen molar-refractivity contribution in [1.29, 1.82) is 0 Å². The van der Waals surface area contributed by atoms with Crippen molar-refractivity contribution >= 4 is 23.3 Å². The van der Waals surface area contributed by atoms with Gasteiger partial charge in [-0.15, -0.1) is 5.10 Å². The molecule has 0 atom stereocenters. The SMILES string of the molecule is O=C(c1n[nH]c([N+](=O)[O-])c1Cl)N1CCN(Cc2cccc(F)c2)CC1. The highest BCUT2D eigenvalue weighted by atomic mass is 35.5. The summed E-state index contributed by atoms with van der Waals surface area (Å²) in [6, 6.07) is 6.40. The average molecular weight is 368 g/mol. The summed E-state index contributed by atoms with van der Waals surface area (Å²) < 4.78 is 13.2. The highest BCUT2D eigenvalue weighted by Gasteiger charge is 2.30. The number of H-pyrrole nitrogens is 1. The van der Waals surface area contributed by atoms with E-state index in [9.17, 15) is 19.3 Å². The molecule has 0 radical (unpaired) electrons. The average Bonchev–Trinajstić information content (AvgIpc) is 2.97. The second-order valence-electron chi connectivity index (χ2n) is 5.69. The third kappa shape index (κ3) is 3.77. The van der Waals surface area contributed by atoms with Gasteiger partial charge in [0.25, 0.3) is 5.91 Å². The van der Waals surface area contributed by atoms with Crippen LogP contribution in [-0.4, -0.2) is 57.0 Å². The van der Waals surface area contributed by atoms with Crippen molar-refractivity contribution < 1.29 is 14.1 Å². The normalized spacial score (nSPS) is 15.4. The van der Waals surface area contributed by atoms with Crippen LogP contribution in [0.25, 0.3) is 0 Å². The number of carbonyl (C=O) groups is 1. The number of carbonyl (C=O) groups excluding carboxylic acids is 1. The molecule has 0 spiro atoms. The number of rotatable bonds is 4. The van der Waals surface area contributed by atoms with Gasteiger partial charge in [0.1, 0.15) is 5.82 Å². The maximum absolute atomic E-state index is 13.2. The summed E-state index contributed by atoms with van der Waals surface area (Å²) in [6.45, 7) is 2.67. The number of aromatic nitrogens is 2. The van der Waals surface area contributed by atoms with E-state index in [1.54, 1.807) is 11.0 Å². The molecule has 0 bridgehead atoms. The van der Waals surface area contributed by atoms with Crippen LogP contribution in [0.4, 0.5) is 10.2 Å². The van der Waals surface area contributed by atoms with Crippen LogP contribution < -0.4 is 0 Å². The molecule has 8 nitrogen and oxygen atoms in total. The van der Waals surface area contributed by atoms with Gasteiger partial charge in [0, 0.05) is 32.7 Å². The van der Waals surface area contributed by atoms with E-state index in [0.29, 0.717) is 32.7 Å². The van der Waals surface area contributed by atoms with Crippen molar-refractivity contribution in [2.45, 2.75) is 6.54 Å². The van der Waals surface area contributed by atoms with Crippen LogP contribution in [-0.2, 0) is 6.54 Å². The lowest BCUT2D eigenvalue weighted by Gasteiger charge is -2.34. The van der Waals surface area contributed by atoms with Gasteiger partial charge in [-0.3, -0.25) is 9.69 Å². The minimum absolute atomic E-state index is 0.146. The highest BCUT2D eigenvalue weighted by molar-refractivity contribution is 6.35. The van der Waals surface area contributed by atoms with Crippen molar-refractivity contribution in [1.82, 2.24) is 20.0 Å². The Kier molecular flexibility index (Phi) is 4.95. The number of hydrogen-bond donors (Lipinski definition) is 1. The third-order valence-electron chi connectivity index (χ3n) is 4.03. The Bertz CT molecular complexity index is 804. The van der Waals surface area contributed by atoms with Crippen molar-refractivity contribution in [3.8, 4) is 0 Å². The molecule has 1 aliphatic heterocycles. The number of nitro groups is 1. The number of hydrogen-bond acceptors (Lipinski definition) is 5. The van der Waals surface area contributed by atoms with Crippen LogP contribution in [0.1, 0.15) is 16.1 Å². The van der Waals surface area contributed by atoms with E-state index in [2.05, 4.69) is 15.1 Å². The zero-order chi connectivity index (χ0) is 18.0. The maximum Gasteiger partial charge on any atom is 0.362 e. The molecule has 0 aliphatic carbocycles. The van der Waals surface area contributed by atoms with E-state index in [0.717, 1.165) is 5.56 Å². The molecule has 1 amide bonds. The molecule has 0 saturated carbocycles. The maximum atomic E-state index is 13.2. The second kappa shape index (κ2) is 7.16. The van der Waals surface area contributed by atoms with Crippen LogP contribution in [0, 0.1) is 15.9 Å². The van der Waals surface area contributed by atoms with E-state index < -0.39 is 16.6 Å². The van der Waals surface area contributed by atoms with Gasteiger partial charge in [-0.05, 0) is 22.6 Å². The van der Waals surface area contributed by atoms with Crippen molar-refractivity contribution in [3.05, 3.63) is 56.5 Å². The first-order valence-corrected chi connectivity index (χ1v) is 7.98. The largest absolute Gasteiger partial charge is 0.362 e. The summed E-state index contributed by atoms with van der Waals surface area (Å²) in [5, 5.41) is 16.3. The third-order valence-corrected chi connectivity index (χ3v) is 4.39. The molecule has 2 aromatic rings. The number of benzene rings is 1. The molecule has 0 unspecified atom stereocenters. The Balaban J connectivity index is 1.60. The number of piperazine rings is 1. The van der Waals surface area contributed by atoms with Crippen LogP contribution in [0.2, 0.25) is 5.02 Å². The highest BCUT2D eigenvalue weighted by Crippen LogP contribution is 2.26. The molecule has 1 N–H and O–H groups in total. The van der Waals surface area contributed by atoms with Crippen molar-refractivity contribution in [3.63, 3.8) is 0 Å². The molecule has 3 rings (SSSR count). The predicted octanol–water partition coefficient (Wildman–Crippen LogP) is 2.07. The molecule has 1 aromatic carbocycles. The Morgan fingerprint density at radius 1 is 1.36 bits per heavy atom. The first-order chi connectivity index (χ1) is 12.0. The predicted molar refractivity (Wildman–Crippen MR) is 87.8 cm³/mol. The molecule has 25 heavy (non-hydrogen) atoms. The fourth-order valence-electron chi connectivity index (χ4n) is 2.73. The summed E-state index contributed by atoms with van der Waals surface area (Å²) >= 11 is 5.86. The molecular formula is C15H15ClFN5O3.